The normalized spacial score (nSPS) is 14.4. The monoisotopic (exact) mass is 364 g/mol. The fourth-order valence-corrected chi connectivity index (χ4v) is 3.23. The lowest BCUT2D eigenvalue weighted by atomic mass is 10.0. The zero-order chi connectivity index (χ0) is 19.0. The third-order valence-electron chi connectivity index (χ3n) is 4.70. The molecule has 1 aliphatic heterocycles. The number of rotatable bonds is 3. The Morgan fingerprint density at radius 1 is 1.15 bits per heavy atom. The number of carbonyl (C=O) groups excluding carboxylic acids is 1. The molecule has 0 bridgehead atoms. The van der Waals surface area contributed by atoms with Crippen molar-refractivity contribution in [1.29, 1.82) is 5.41 Å². The lowest BCUT2D eigenvalue weighted by Crippen LogP contribution is -2.41. The fourth-order valence-electron chi connectivity index (χ4n) is 3.23. The smallest absolute Gasteiger partial charge is 0.272 e. The van der Waals surface area contributed by atoms with Gasteiger partial charge in [-0.1, -0.05) is 6.07 Å². The van der Waals surface area contributed by atoms with Gasteiger partial charge in [-0.2, -0.15) is 0 Å². The van der Waals surface area contributed by atoms with Crippen molar-refractivity contribution in [2.24, 2.45) is 5.73 Å². The van der Waals surface area contributed by atoms with Crippen LogP contribution in [0.15, 0.2) is 42.7 Å². The Kier molecular flexibility index (Phi) is 4.25. The lowest BCUT2D eigenvalue weighted by molar-refractivity contribution is 0.0298. The number of ether oxygens (including phenoxy) is 1. The van der Waals surface area contributed by atoms with Crippen LogP contribution >= 0.6 is 0 Å². The number of nitrogens with zero attached hydrogens (tertiary/aromatic N) is 3. The maximum absolute atomic E-state index is 12.8. The average Bonchev–Trinajstić information content (AvgIpc) is 3.11. The number of hydrogen-bond acceptors (Lipinski definition) is 5. The van der Waals surface area contributed by atoms with E-state index in [0.29, 0.717) is 48.9 Å². The minimum atomic E-state index is -0.0671. The Bertz CT molecular complexity index is 1040. The number of benzene rings is 1. The summed E-state index contributed by atoms with van der Waals surface area (Å²) in [5.74, 6) is -0.128. The molecular weight excluding hydrogens is 344 g/mol. The molecule has 8 nitrogen and oxygen atoms in total. The average molecular weight is 364 g/mol. The summed E-state index contributed by atoms with van der Waals surface area (Å²) in [6.45, 7) is 2.26. The summed E-state index contributed by atoms with van der Waals surface area (Å²) >= 11 is 0. The van der Waals surface area contributed by atoms with E-state index in [1.54, 1.807) is 27.6 Å². The Hall–Kier alpha value is -3.39. The van der Waals surface area contributed by atoms with Crippen LogP contribution in [0.4, 0.5) is 5.69 Å². The number of hydrogen-bond donors (Lipinski definition) is 3. The van der Waals surface area contributed by atoms with Gasteiger partial charge >= 0.3 is 0 Å². The first-order valence-electron chi connectivity index (χ1n) is 8.63. The van der Waals surface area contributed by atoms with Crippen molar-refractivity contribution in [1.82, 2.24) is 14.3 Å². The summed E-state index contributed by atoms with van der Waals surface area (Å²) in [7, 11) is 0. The molecule has 3 aromatic rings. The van der Waals surface area contributed by atoms with Gasteiger partial charge in [0.1, 0.15) is 17.2 Å². The zero-order valence-electron chi connectivity index (χ0n) is 14.7. The van der Waals surface area contributed by atoms with Gasteiger partial charge in [-0.3, -0.25) is 14.6 Å². The van der Waals surface area contributed by atoms with E-state index >= 15 is 0 Å². The number of aromatic nitrogens is 2. The number of amides is 1. The van der Waals surface area contributed by atoms with Crippen LogP contribution in [-0.4, -0.2) is 52.3 Å². The largest absolute Gasteiger partial charge is 0.398 e. The quantitative estimate of drug-likeness (QED) is 0.368. The molecule has 0 unspecified atom stereocenters. The predicted octanol–water partition coefficient (Wildman–Crippen LogP) is 1.34. The summed E-state index contributed by atoms with van der Waals surface area (Å²) in [5, 5.41) is 7.55. The summed E-state index contributed by atoms with van der Waals surface area (Å²) in [5.41, 5.74) is 15.5. The van der Waals surface area contributed by atoms with E-state index in [0.717, 1.165) is 11.1 Å². The van der Waals surface area contributed by atoms with E-state index in [4.69, 9.17) is 21.6 Å². The highest BCUT2D eigenvalue weighted by molar-refractivity contribution is 6.00. The molecule has 2 aromatic heterocycles. The van der Waals surface area contributed by atoms with Crippen molar-refractivity contribution in [3.8, 4) is 11.1 Å². The molecule has 4 rings (SSSR count). The van der Waals surface area contributed by atoms with Crippen LogP contribution < -0.4 is 11.5 Å². The molecule has 0 atom stereocenters. The molecule has 3 heterocycles. The van der Waals surface area contributed by atoms with Crippen LogP contribution in [0.5, 0.6) is 0 Å². The van der Waals surface area contributed by atoms with Crippen molar-refractivity contribution >= 4 is 23.1 Å². The molecule has 138 valence electrons. The van der Waals surface area contributed by atoms with Crippen LogP contribution in [-0.2, 0) is 4.74 Å². The van der Waals surface area contributed by atoms with Crippen LogP contribution in [0.2, 0.25) is 0 Å². The minimum absolute atomic E-state index is 0.0607. The number of morpholine rings is 1. The topological polar surface area (TPSA) is 123 Å². The second kappa shape index (κ2) is 6.73. The zero-order valence-corrected chi connectivity index (χ0v) is 14.7. The van der Waals surface area contributed by atoms with E-state index in [1.807, 2.05) is 24.4 Å². The Balaban J connectivity index is 1.72. The predicted molar refractivity (Wildman–Crippen MR) is 103 cm³/mol. The van der Waals surface area contributed by atoms with Gasteiger partial charge in [0.15, 0.2) is 0 Å². The molecule has 1 amide bonds. The summed E-state index contributed by atoms with van der Waals surface area (Å²) < 4.78 is 7.11. The molecule has 1 fully saturated rings. The van der Waals surface area contributed by atoms with Gasteiger partial charge in [0.05, 0.1) is 19.4 Å². The highest BCUT2D eigenvalue weighted by Crippen LogP contribution is 2.25. The van der Waals surface area contributed by atoms with E-state index in [1.165, 1.54) is 0 Å². The molecule has 27 heavy (non-hydrogen) atoms. The maximum atomic E-state index is 12.8. The maximum Gasteiger partial charge on any atom is 0.272 e. The van der Waals surface area contributed by atoms with E-state index in [-0.39, 0.29) is 11.7 Å². The fraction of sp³-hybridized carbons (Fsp3) is 0.211. The van der Waals surface area contributed by atoms with Gasteiger partial charge in [0.2, 0.25) is 0 Å². The van der Waals surface area contributed by atoms with Crippen molar-refractivity contribution in [2.45, 2.75) is 0 Å². The number of nitrogens with two attached hydrogens (primary N) is 2. The number of carbonyl (C=O) groups is 1. The van der Waals surface area contributed by atoms with Crippen LogP contribution in [0.1, 0.15) is 16.1 Å². The Labute approximate surface area is 155 Å². The number of fused-ring (bicyclic) bond motifs is 1. The number of nitrogen functional groups attached to an aromatic ring is 2. The minimum Gasteiger partial charge on any atom is -0.398 e. The third-order valence-corrected chi connectivity index (χ3v) is 4.70. The molecule has 1 saturated heterocycles. The van der Waals surface area contributed by atoms with Gasteiger partial charge in [0, 0.05) is 30.5 Å². The van der Waals surface area contributed by atoms with Crippen LogP contribution in [0.25, 0.3) is 16.8 Å². The molecule has 8 heteroatoms. The highest BCUT2D eigenvalue weighted by Gasteiger charge is 2.21. The summed E-state index contributed by atoms with van der Waals surface area (Å²) in [4.78, 5) is 19.0. The molecule has 0 saturated carbocycles. The molecule has 1 aliphatic rings. The van der Waals surface area contributed by atoms with Crippen LogP contribution in [0, 0.1) is 5.41 Å². The number of nitrogens with one attached hydrogen (secondary N) is 1. The number of anilines is 1. The van der Waals surface area contributed by atoms with Crippen molar-refractivity contribution in [2.75, 3.05) is 32.0 Å². The first kappa shape index (κ1) is 17.0. The molecule has 0 spiro atoms. The van der Waals surface area contributed by atoms with Gasteiger partial charge < -0.3 is 21.1 Å². The molecular formula is C19H20N6O2. The molecule has 0 radical (unpaired) electrons. The SMILES string of the molecule is N=C(N)c1ccc(-c2ccc3ncc(C(=O)N4CCOCC4)n3c2)cc1N. The number of amidine groups is 1. The lowest BCUT2D eigenvalue weighted by Gasteiger charge is -2.26. The summed E-state index contributed by atoms with van der Waals surface area (Å²) in [6, 6.07) is 9.14. The second-order valence-corrected chi connectivity index (χ2v) is 6.41. The van der Waals surface area contributed by atoms with E-state index < -0.39 is 0 Å². The summed E-state index contributed by atoms with van der Waals surface area (Å²) in [6.07, 6.45) is 3.47. The van der Waals surface area contributed by atoms with Crippen molar-refractivity contribution in [3.63, 3.8) is 0 Å². The van der Waals surface area contributed by atoms with E-state index in [9.17, 15) is 4.79 Å². The Morgan fingerprint density at radius 3 is 2.59 bits per heavy atom. The molecule has 0 aliphatic carbocycles. The van der Waals surface area contributed by atoms with E-state index in [2.05, 4.69) is 4.98 Å². The van der Waals surface area contributed by atoms with Crippen LogP contribution in [0.3, 0.4) is 0 Å². The highest BCUT2D eigenvalue weighted by atomic mass is 16.5. The van der Waals surface area contributed by atoms with Crippen molar-refractivity contribution < 1.29 is 9.53 Å². The standard InChI is InChI=1S/C19H20N6O2/c20-15-9-12(1-3-14(15)18(21)22)13-2-4-17-23-10-16(25(17)11-13)19(26)24-5-7-27-8-6-24/h1-4,9-11H,5-8,20H2,(H3,21,22). The van der Waals surface area contributed by atoms with Gasteiger partial charge in [-0.15, -0.1) is 0 Å². The third kappa shape index (κ3) is 3.11. The second-order valence-electron chi connectivity index (χ2n) is 6.41. The number of imidazole rings is 1. The first-order chi connectivity index (χ1) is 13.0. The molecule has 5 N–H and O–H groups in total. The van der Waals surface area contributed by atoms with Gasteiger partial charge in [-0.25, -0.2) is 4.98 Å². The Morgan fingerprint density at radius 2 is 1.89 bits per heavy atom. The van der Waals surface area contributed by atoms with Gasteiger partial charge in [0.25, 0.3) is 5.91 Å². The number of pyridine rings is 1. The first-order valence-corrected chi connectivity index (χ1v) is 8.63. The molecule has 1 aromatic carbocycles. The van der Waals surface area contributed by atoms with Gasteiger partial charge in [-0.05, 0) is 35.4 Å². The van der Waals surface area contributed by atoms with Crippen molar-refractivity contribution in [3.05, 3.63) is 54.0 Å².